The second-order valence-corrected chi connectivity index (χ2v) is 5.50. The van der Waals surface area contributed by atoms with Crippen molar-refractivity contribution < 1.29 is 14.3 Å². The third-order valence-electron chi connectivity index (χ3n) is 2.71. The smallest absolute Gasteiger partial charge is 0.259 e. The summed E-state index contributed by atoms with van der Waals surface area (Å²) in [6.07, 6.45) is 0. The first kappa shape index (κ1) is 15.4. The van der Waals surface area contributed by atoms with E-state index < -0.39 is 11.7 Å². The summed E-state index contributed by atoms with van der Waals surface area (Å²) in [5.41, 5.74) is 5.61. The van der Waals surface area contributed by atoms with Gasteiger partial charge < -0.3 is 16.2 Å². The van der Waals surface area contributed by atoms with Gasteiger partial charge in [-0.25, -0.2) is 4.39 Å². The van der Waals surface area contributed by atoms with Crippen LogP contribution in [0.1, 0.15) is 15.9 Å². The fourth-order valence-corrected chi connectivity index (χ4v) is 2.33. The Kier molecular flexibility index (Phi) is 4.54. The molecule has 2 aromatic carbocycles. The fourth-order valence-electron chi connectivity index (χ4n) is 1.76. The Morgan fingerprint density at radius 3 is 2.71 bits per heavy atom. The standard InChI is InChI=1S/C14H10BrFN2O2S/c15-7-4-5-11(19)8(6-7)14(20)18-10-3-1-2-9(16)12(10)13(17)21/h1-6,19H,(H2,17,21)(H,18,20). The summed E-state index contributed by atoms with van der Waals surface area (Å²) in [5.74, 6) is -1.42. The van der Waals surface area contributed by atoms with Gasteiger partial charge >= 0.3 is 0 Å². The summed E-state index contributed by atoms with van der Waals surface area (Å²) in [5, 5.41) is 12.2. The van der Waals surface area contributed by atoms with Crippen molar-refractivity contribution in [3.63, 3.8) is 0 Å². The molecule has 0 unspecified atom stereocenters. The lowest BCUT2D eigenvalue weighted by molar-refractivity contribution is 0.102. The van der Waals surface area contributed by atoms with Crippen molar-refractivity contribution in [3.8, 4) is 5.75 Å². The molecule has 0 aliphatic carbocycles. The van der Waals surface area contributed by atoms with Crippen LogP contribution in [0.15, 0.2) is 40.9 Å². The zero-order valence-electron chi connectivity index (χ0n) is 10.6. The highest BCUT2D eigenvalue weighted by Crippen LogP contribution is 2.24. The molecule has 1 amide bonds. The zero-order valence-corrected chi connectivity index (χ0v) is 13.0. The third-order valence-corrected chi connectivity index (χ3v) is 3.41. The summed E-state index contributed by atoms with van der Waals surface area (Å²) in [7, 11) is 0. The lowest BCUT2D eigenvalue weighted by Gasteiger charge is -2.11. The first-order chi connectivity index (χ1) is 9.90. The van der Waals surface area contributed by atoms with Crippen molar-refractivity contribution in [3.05, 3.63) is 57.8 Å². The van der Waals surface area contributed by atoms with Crippen molar-refractivity contribution in [1.29, 1.82) is 0 Å². The summed E-state index contributed by atoms with van der Waals surface area (Å²) in [6.45, 7) is 0. The van der Waals surface area contributed by atoms with Gasteiger partial charge in [0.05, 0.1) is 16.8 Å². The Labute approximate surface area is 133 Å². The molecule has 4 N–H and O–H groups in total. The Morgan fingerprint density at radius 2 is 2.05 bits per heavy atom. The Morgan fingerprint density at radius 1 is 1.33 bits per heavy atom. The minimum absolute atomic E-state index is 0.0440. The predicted molar refractivity (Wildman–Crippen MR) is 86.0 cm³/mol. The molecule has 2 aromatic rings. The van der Waals surface area contributed by atoms with E-state index in [1.54, 1.807) is 6.07 Å². The number of nitrogens with one attached hydrogen (secondary N) is 1. The molecule has 0 fully saturated rings. The second kappa shape index (κ2) is 6.19. The van der Waals surface area contributed by atoms with Gasteiger partial charge in [0.15, 0.2) is 0 Å². The lowest BCUT2D eigenvalue weighted by atomic mass is 10.1. The average molecular weight is 369 g/mol. The Balaban J connectivity index is 2.39. The van der Waals surface area contributed by atoms with E-state index >= 15 is 0 Å². The summed E-state index contributed by atoms with van der Waals surface area (Å²) < 4.78 is 14.3. The molecule has 0 aromatic heterocycles. The van der Waals surface area contributed by atoms with Crippen molar-refractivity contribution in [1.82, 2.24) is 0 Å². The number of rotatable bonds is 3. The Bertz CT molecular complexity index is 737. The molecule has 7 heteroatoms. The number of halogens is 2. The minimum atomic E-state index is -0.626. The van der Waals surface area contributed by atoms with Gasteiger partial charge in [-0.1, -0.05) is 34.2 Å². The summed E-state index contributed by atoms with van der Waals surface area (Å²) >= 11 is 7.99. The van der Waals surface area contributed by atoms with Crippen LogP contribution in [-0.4, -0.2) is 16.0 Å². The molecule has 0 heterocycles. The average Bonchev–Trinajstić information content (AvgIpc) is 2.41. The molecule has 4 nitrogen and oxygen atoms in total. The molecule has 0 saturated heterocycles. The van der Waals surface area contributed by atoms with Gasteiger partial charge in [0.2, 0.25) is 0 Å². The van der Waals surface area contributed by atoms with E-state index in [2.05, 4.69) is 21.2 Å². The molecule has 108 valence electrons. The molecule has 0 aliphatic rings. The topological polar surface area (TPSA) is 75.3 Å². The molecule has 0 spiro atoms. The molecule has 0 saturated carbocycles. The number of carbonyl (C=O) groups is 1. The maximum Gasteiger partial charge on any atom is 0.259 e. The number of benzene rings is 2. The van der Waals surface area contributed by atoms with E-state index in [1.165, 1.54) is 30.3 Å². The maximum atomic E-state index is 13.7. The number of anilines is 1. The molecule has 0 bridgehead atoms. The number of aromatic hydroxyl groups is 1. The van der Waals surface area contributed by atoms with Gasteiger partial charge in [-0.3, -0.25) is 4.79 Å². The first-order valence-corrected chi connectivity index (χ1v) is 6.98. The highest BCUT2D eigenvalue weighted by Gasteiger charge is 2.16. The van der Waals surface area contributed by atoms with Crippen molar-refractivity contribution in [2.45, 2.75) is 0 Å². The van der Waals surface area contributed by atoms with E-state index in [4.69, 9.17) is 18.0 Å². The maximum absolute atomic E-state index is 13.7. The number of phenols is 1. The third kappa shape index (κ3) is 3.37. The van der Waals surface area contributed by atoms with Gasteiger partial charge in [0, 0.05) is 4.47 Å². The number of hydrogen-bond acceptors (Lipinski definition) is 3. The van der Waals surface area contributed by atoms with Crippen molar-refractivity contribution >= 4 is 44.7 Å². The lowest BCUT2D eigenvalue weighted by Crippen LogP contribution is -2.19. The molecular weight excluding hydrogens is 359 g/mol. The van der Waals surface area contributed by atoms with Crippen LogP contribution in [0.2, 0.25) is 0 Å². The van der Waals surface area contributed by atoms with Crippen LogP contribution in [0.5, 0.6) is 5.75 Å². The van der Waals surface area contributed by atoms with Crippen LogP contribution >= 0.6 is 28.1 Å². The van der Waals surface area contributed by atoms with Crippen LogP contribution in [0.3, 0.4) is 0 Å². The van der Waals surface area contributed by atoms with Crippen LogP contribution in [-0.2, 0) is 0 Å². The second-order valence-electron chi connectivity index (χ2n) is 4.14. The molecule has 0 radical (unpaired) electrons. The summed E-state index contributed by atoms with van der Waals surface area (Å²) in [6, 6.07) is 8.51. The highest BCUT2D eigenvalue weighted by atomic mass is 79.9. The quantitative estimate of drug-likeness (QED) is 0.727. The number of carbonyl (C=O) groups excluding carboxylic acids is 1. The van der Waals surface area contributed by atoms with Crippen LogP contribution in [0.4, 0.5) is 10.1 Å². The zero-order chi connectivity index (χ0) is 15.6. The number of nitrogens with two attached hydrogens (primary N) is 1. The molecule has 0 aliphatic heterocycles. The SMILES string of the molecule is NC(=S)c1c(F)cccc1NC(=O)c1cc(Br)ccc1O. The first-order valence-electron chi connectivity index (χ1n) is 5.78. The molecular formula is C14H10BrFN2O2S. The van der Waals surface area contributed by atoms with Crippen molar-refractivity contribution in [2.75, 3.05) is 5.32 Å². The number of thiocarbonyl (C=S) groups is 1. The molecule has 21 heavy (non-hydrogen) atoms. The molecule has 2 rings (SSSR count). The van der Waals surface area contributed by atoms with Gasteiger partial charge in [0.1, 0.15) is 16.6 Å². The van der Waals surface area contributed by atoms with Crippen LogP contribution < -0.4 is 11.1 Å². The highest BCUT2D eigenvalue weighted by molar-refractivity contribution is 9.10. The van der Waals surface area contributed by atoms with Gasteiger partial charge in [-0.2, -0.15) is 0 Å². The van der Waals surface area contributed by atoms with E-state index in [1.807, 2.05) is 0 Å². The van der Waals surface area contributed by atoms with Crippen LogP contribution in [0.25, 0.3) is 0 Å². The van der Waals surface area contributed by atoms with Crippen molar-refractivity contribution in [2.24, 2.45) is 5.73 Å². The van der Waals surface area contributed by atoms with Gasteiger partial charge in [0.25, 0.3) is 5.91 Å². The predicted octanol–water partition coefficient (Wildman–Crippen LogP) is 3.18. The number of amides is 1. The number of hydrogen-bond donors (Lipinski definition) is 3. The normalized spacial score (nSPS) is 10.2. The monoisotopic (exact) mass is 368 g/mol. The van der Waals surface area contributed by atoms with Gasteiger partial charge in [-0.15, -0.1) is 0 Å². The fraction of sp³-hybridized carbons (Fsp3) is 0. The van der Waals surface area contributed by atoms with Gasteiger partial charge in [-0.05, 0) is 30.3 Å². The largest absolute Gasteiger partial charge is 0.507 e. The van der Waals surface area contributed by atoms with E-state index in [0.29, 0.717) is 4.47 Å². The minimum Gasteiger partial charge on any atom is -0.507 e. The van der Waals surface area contributed by atoms with E-state index in [9.17, 15) is 14.3 Å². The number of phenolic OH excluding ortho intramolecular Hbond substituents is 1. The van der Waals surface area contributed by atoms with Crippen LogP contribution in [0, 0.1) is 5.82 Å². The summed E-state index contributed by atoms with van der Waals surface area (Å²) in [4.78, 5) is 12.0. The van der Waals surface area contributed by atoms with E-state index in [0.717, 1.165) is 0 Å². The Hall–Kier alpha value is -1.99. The van der Waals surface area contributed by atoms with E-state index in [-0.39, 0.29) is 27.6 Å². The molecule has 0 atom stereocenters.